The highest BCUT2D eigenvalue weighted by Gasteiger charge is 2.31. The van der Waals surface area contributed by atoms with Crippen molar-refractivity contribution in [2.75, 3.05) is 0 Å². The largest absolute Gasteiger partial charge is 0.298 e. The van der Waals surface area contributed by atoms with E-state index in [4.69, 9.17) is 22.9 Å². The van der Waals surface area contributed by atoms with E-state index in [1.165, 1.54) is 0 Å². The summed E-state index contributed by atoms with van der Waals surface area (Å²) in [5.41, 5.74) is 30.8. The van der Waals surface area contributed by atoms with Crippen LogP contribution in [0.1, 0.15) is 18.1 Å². The lowest BCUT2D eigenvalue weighted by Crippen LogP contribution is -2.43. The summed E-state index contributed by atoms with van der Waals surface area (Å²) < 4.78 is 0. The van der Waals surface area contributed by atoms with E-state index < -0.39 is 12.6 Å². The van der Waals surface area contributed by atoms with E-state index >= 15 is 0 Å². The van der Waals surface area contributed by atoms with Crippen molar-refractivity contribution in [1.82, 2.24) is 10.9 Å². The van der Waals surface area contributed by atoms with E-state index in [9.17, 15) is 0 Å². The van der Waals surface area contributed by atoms with E-state index in [1.54, 1.807) is 0 Å². The molecule has 0 aromatic heterocycles. The maximum absolute atomic E-state index is 5.45. The van der Waals surface area contributed by atoms with Gasteiger partial charge in [-0.2, -0.15) is 10.2 Å². The Kier molecular flexibility index (Phi) is 4.30. The van der Waals surface area contributed by atoms with Crippen molar-refractivity contribution in [2.45, 2.75) is 19.5 Å². The highest BCUT2D eigenvalue weighted by molar-refractivity contribution is 6.29. The summed E-state index contributed by atoms with van der Waals surface area (Å²) in [5.74, 6) is -0.0232. The van der Waals surface area contributed by atoms with Crippen LogP contribution in [0.4, 0.5) is 0 Å². The quantitative estimate of drug-likeness (QED) is 0.285. The summed E-state index contributed by atoms with van der Waals surface area (Å²) >= 11 is 0. The Morgan fingerprint density at radius 2 is 1.30 bits per heavy atom. The SMILES string of the molecule is CC1/C(=N/NC(N)N)c2ccccc2/C1=N/NC(N)N. The molecular weight excluding hydrogens is 256 g/mol. The third-order valence-corrected chi connectivity index (χ3v) is 2.97. The van der Waals surface area contributed by atoms with E-state index in [1.807, 2.05) is 31.2 Å². The van der Waals surface area contributed by atoms with Crippen LogP contribution < -0.4 is 33.8 Å². The number of nitrogens with zero attached hydrogens (tertiary/aromatic N) is 2. The van der Waals surface area contributed by atoms with Gasteiger partial charge in [-0.05, 0) is 0 Å². The summed E-state index contributed by atoms with van der Waals surface area (Å²) in [5, 5.41) is 8.54. The third kappa shape index (κ3) is 2.94. The summed E-state index contributed by atoms with van der Waals surface area (Å²) in [6.45, 7) is 1.99. The highest BCUT2D eigenvalue weighted by atomic mass is 15.4. The number of hydrogen-bond donors (Lipinski definition) is 6. The molecule has 1 aromatic rings. The molecule has 8 nitrogen and oxygen atoms in total. The molecule has 0 saturated carbocycles. The second-order valence-corrected chi connectivity index (χ2v) is 4.57. The topological polar surface area (TPSA) is 153 Å². The predicted molar refractivity (Wildman–Crippen MR) is 79.3 cm³/mol. The van der Waals surface area contributed by atoms with Crippen LogP contribution in [0.25, 0.3) is 0 Å². The van der Waals surface area contributed by atoms with Gasteiger partial charge in [0.1, 0.15) is 12.6 Å². The average Bonchev–Trinajstić information content (AvgIpc) is 2.66. The molecular formula is C12H20N8. The zero-order chi connectivity index (χ0) is 14.7. The van der Waals surface area contributed by atoms with E-state index in [0.29, 0.717) is 0 Å². The molecule has 0 spiro atoms. The van der Waals surface area contributed by atoms with Crippen molar-refractivity contribution < 1.29 is 0 Å². The fourth-order valence-corrected chi connectivity index (χ4v) is 2.13. The molecule has 20 heavy (non-hydrogen) atoms. The molecule has 1 aliphatic rings. The van der Waals surface area contributed by atoms with Crippen LogP contribution >= 0.6 is 0 Å². The number of nitrogens with one attached hydrogen (secondary N) is 2. The fourth-order valence-electron chi connectivity index (χ4n) is 2.13. The molecule has 0 heterocycles. The zero-order valence-electron chi connectivity index (χ0n) is 11.2. The smallest absolute Gasteiger partial charge is 0.142 e. The van der Waals surface area contributed by atoms with Gasteiger partial charge in [-0.25, -0.2) is 0 Å². The van der Waals surface area contributed by atoms with Crippen molar-refractivity contribution in [2.24, 2.45) is 39.1 Å². The first kappa shape index (κ1) is 14.4. The van der Waals surface area contributed by atoms with E-state index in [2.05, 4.69) is 21.1 Å². The van der Waals surface area contributed by atoms with Crippen LogP contribution in [0.3, 0.4) is 0 Å². The minimum absolute atomic E-state index is 0.0232. The molecule has 108 valence electrons. The Hall–Kier alpha value is -2.00. The van der Waals surface area contributed by atoms with Crippen molar-refractivity contribution >= 4 is 11.4 Å². The number of hydrazone groups is 2. The molecule has 0 saturated heterocycles. The van der Waals surface area contributed by atoms with Crippen LogP contribution in [0.2, 0.25) is 0 Å². The standard InChI is InChI=1S/C12H20N8/c1-6-9(17-19-11(13)14)7-4-2-3-5-8(7)10(6)18-20-12(15)16/h2-6,11-12,19-20H,13-16H2,1H3/b17-9-,18-10+. The van der Waals surface area contributed by atoms with Gasteiger partial charge in [-0.15, -0.1) is 0 Å². The number of benzene rings is 1. The highest BCUT2D eigenvalue weighted by Crippen LogP contribution is 2.27. The van der Waals surface area contributed by atoms with Crippen LogP contribution in [0.15, 0.2) is 34.5 Å². The van der Waals surface area contributed by atoms with E-state index in [-0.39, 0.29) is 5.92 Å². The van der Waals surface area contributed by atoms with Crippen LogP contribution in [-0.2, 0) is 0 Å². The molecule has 1 atom stereocenters. The van der Waals surface area contributed by atoms with Gasteiger partial charge >= 0.3 is 0 Å². The maximum Gasteiger partial charge on any atom is 0.142 e. The fraction of sp³-hybridized carbons (Fsp3) is 0.333. The first-order valence-corrected chi connectivity index (χ1v) is 6.29. The van der Waals surface area contributed by atoms with Gasteiger partial charge in [-0.3, -0.25) is 33.8 Å². The maximum atomic E-state index is 5.45. The van der Waals surface area contributed by atoms with Crippen LogP contribution in [0.5, 0.6) is 0 Å². The second-order valence-electron chi connectivity index (χ2n) is 4.57. The van der Waals surface area contributed by atoms with Crippen LogP contribution in [-0.4, -0.2) is 24.0 Å². The van der Waals surface area contributed by atoms with E-state index in [0.717, 1.165) is 22.6 Å². The third-order valence-electron chi connectivity index (χ3n) is 2.97. The predicted octanol–water partition coefficient (Wildman–Crippen LogP) is -1.67. The average molecular weight is 276 g/mol. The minimum Gasteiger partial charge on any atom is -0.298 e. The Morgan fingerprint density at radius 3 is 1.65 bits per heavy atom. The van der Waals surface area contributed by atoms with Crippen molar-refractivity contribution in [3.8, 4) is 0 Å². The lowest BCUT2D eigenvalue weighted by atomic mass is 10.1. The zero-order valence-corrected chi connectivity index (χ0v) is 11.2. The Morgan fingerprint density at radius 1 is 0.900 bits per heavy atom. The molecule has 0 radical (unpaired) electrons. The van der Waals surface area contributed by atoms with Gasteiger partial charge in [0, 0.05) is 17.0 Å². The molecule has 1 aromatic carbocycles. The van der Waals surface area contributed by atoms with Crippen molar-refractivity contribution in [1.29, 1.82) is 0 Å². The molecule has 8 heteroatoms. The van der Waals surface area contributed by atoms with Gasteiger partial charge in [0.2, 0.25) is 0 Å². The molecule has 0 amide bonds. The summed E-state index contributed by atoms with van der Waals surface area (Å²) in [6, 6.07) is 7.82. The normalized spacial score (nSPS) is 21.9. The van der Waals surface area contributed by atoms with Gasteiger partial charge in [0.15, 0.2) is 0 Å². The van der Waals surface area contributed by atoms with Crippen molar-refractivity contribution in [3.63, 3.8) is 0 Å². The van der Waals surface area contributed by atoms with Gasteiger partial charge in [0.25, 0.3) is 0 Å². The molecule has 1 unspecified atom stereocenters. The minimum atomic E-state index is -0.710. The van der Waals surface area contributed by atoms with Gasteiger partial charge in [0.05, 0.1) is 11.4 Å². The van der Waals surface area contributed by atoms with Gasteiger partial charge in [-0.1, -0.05) is 31.2 Å². The lowest BCUT2D eigenvalue weighted by molar-refractivity contribution is 0.566. The Labute approximate surface area is 117 Å². The lowest BCUT2D eigenvalue weighted by Gasteiger charge is -2.10. The molecule has 0 bridgehead atoms. The van der Waals surface area contributed by atoms with Gasteiger partial charge < -0.3 is 0 Å². The first-order chi connectivity index (χ1) is 9.50. The molecule has 1 aliphatic carbocycles. The van der Waals surface area contributed by atoms with Crippen LogP contribution in [0, 0.1) is 5.92 Å². The Bertz CT molecular complexity index is 487. The summed E-state index contributed by atoms with van der Waals surface area (Å²) in [4.78, 5) is 0. The second kappa shape index (κ2) is 5.97. The molecule has 10 N–H and O–H groups in total. The Balaban J connectivity index is 2.39. The number of hydrogen-bond acceptors (Lipinski definition) is 8. The monoisotopic (exact) mass is 276 g/mol. The van der Waals surface area contributed by atoms with Crippen molar-refractivity contribution in [3.05, 3.63) is 35.4 Å². The first-order valence-electron chi connectivity index (χ1n) is 6.29. The summed E-state index contributed by atoms with van der Waals surface area (Å²) in [6.07, 6.45) is -1.42. The number of nitrogens with two attached hydrogens (primary N) is 4. The number of rotatable bonds is 4. The molecule has 0 fully saturated rings. The molecule has 0 aliphatic heterocycles. The number of fused-ring (bicyclic) bond motifs is 1. The summed E-state index contributed by atoms with van der Waals surface area (Å²) in [7, 11) is 0. The molecule has 2 rings (SSSR count).